The van der Waals surface area contributed by atoms with Crippen molar-refractivity contribution in [1.82, 2.24) is 0 Å². The number of carbonyl (C=O) groups excluding carboxylic acids is 2. The highest BCUT2D eigenvalue weighted by Crippen LogP contribution is 2.29. The molecule has 0 radical (unpaired) electrons. The van der Waals surface area contributed by atoms with Crippen LogP contribution in [0.5, 0.6) is 0 Å². The summed E-state index contributed by atoms with van der Waals surface area (Å²) in [6, 6.07) is 8.78. The minimum absolute atomic E-state index is 0.283. The molecule has 1 aliphatic rings. The summed E-state index contributed by atoms with van der Waals surface area (Å²) in [5.74, 6) is 2.12. The van der Waals surface area contributed by atoms with Crippen LogP contribution >= 0.6 is 0 Å². The van der Waals surface area contributed by atoms with Gasteiger partial charge in [-0.25, -0.2) is 0 Å². The van der Waals surface area contributed by atoms with Crippen LogP contribution in [-0.2, 0) is 22.4 Å². The summed E-state index contributed by atoms with van der Waals surface area (Å²) >= 11 is 0. The molecule has 1 saturated carbocycles. The Morgan fingerprint density at radius 3 is 2.58 bits per heavy atom. The summed E-state index contributed by atoms with van der Waals surface area (Å²) in [6.45, 7) is 4.53. The molecule has 1 aromatic carbocycles. The van der Waals surface area contributed by atoms with Crippen molar-refractivity contribution in [1.29, 1.82) is 0 Å². The van der Waals surface area contributed by atoms with Crippen molar-refractivity contribution in [3.8, 4) is 0 Å². The normalized spacial score (nSPS) is 21.5. The Labute approximate surface area is 159 Å². The van der Waals surface area contributed by atoms with Crippen LogP contribution in [0.2, 0.25) is 0 Å². The van der Waals surface area contributed by atoms with E-state index in [-0.39, 0.29) is 5.92 Å². The summed E-state index contributed by atoms with van der Waals surface area (Å²) in [4.78, 5) is 22.6. The number of aldehydes is 1. The first-order chi connectivity index (χ1) is 12.6. The highest BCUT2D eigenvalue weighted by molar-refractivity contribution is 5.81. The number of Topliss-reactive ketones (excluding diaryl/α,β-unsaturated/α-hetero) is 1. The predicted octanol–water partition coefficient (Wildman–Crippen LogP) is 5.95. The standard InChI is InChI=1S/C24H36O2/c1-19(9-7-17-25)8-3-4-10-21-11-5-6-12-22(21)14-15-23-18-20(2)13-16-24(23)26/h5-6,11-12,17,19-20,23H,3-4,7-10,13-16,18H2,1-2H3. The molecule has 0 aromatic heterocycles. The Morgan fingerprint density at radius 2 is 1.85 bits per heavy atom. The number of hydrogen-bond donors (Lipinski definition) is 0. The van der Waals surface area contributed by atoms with E-state index >= 15 is 0 Å². The lowest BCUT2D eigenvalue weighted by molar-refractivity contribution is -0.125. The third-order valence-electron chi connectivity index (χ3n) is 6.08. The summed E-state index contributed by atoms with van der Waals surface area (Å²) in [7, 11) is 0. The molecule has 0 saturated heterocycles. The molecule has 1 fully saturated rings. The fraction of sp³-hybridized carbons (Fsp3) is 0.667. The molecule has 0 heterocycles. The van der Waals surface area contributed by atoms with Crippen molar-refractivity contribution in [2.45, 2.75) is 84.5 Å². The van der Waals surface area contributed by atoms with Gasteiger partial charge in [0.25, 0.3) is 0 Å². The van der Waals surface area contributed by atoms with E-state index in [0.717, 1.165) is 51.2 Å². The lowest BCUT2D eigenvalue weighted by Gasteiger charge is -2.25. The predicted molar refractivity (Wildman–Crippen MR) is 108 cm³/mol. The van der Waals surface area contributed by atoms with Gasteiger partial charge in [0.15, 0.2) is 0 Å². The fourth-order valence-electron chi connectivity index (χ4n) is 4.29. The fourth-order valence-corrected chi connectivity index (χ4v) is 4.29. The van der Waals surface area contributed by atoms with Crippen molar-refractivity contribution in [3.63, 3.8) is 0 Å². The molecule has 1 aromatic rings. The Morgan fingerprint density at radius 1 is 1.12 bits per heavy atom. The molecule has 2 heteroatoms. The van der Waals surface area contributed by atoms with E-state index in [1.54, 1.807) is 0 Å². The zero-order chi connectivity index (χ0) is 18.8. The van der Waals surface area contributed by atoms with Crippen LogP contribution in [0, 0.1) is 17.8 Å². The van der Waals surface area contributed by atoms with Crippen LogP contribution < -0.4 is 0 Å². The molecule has 1 aliphatic carbocycles. The lowest BCUT2D eigenvalue weighted by atomic mass is 9.78. The van der Waals surface area contributed by atoms with E-state index in [1.165, 1.54) is 30.4 Å². The molecular weight excluding hydrogens is 320 g/mol. The third kappa shape index (κ3) is 7.05. The van der Waals surface area contributed by atoms with Gasteiger partial charge in [0.05, 0.1) is 0 Å². The van der Waals surface area contributed by atoms with Gasteiger partial charge in [-0.2, -0.15) is 0 Å². The molecule has 0 amide bonds. The quantitative estimate of drug-likeness (QED) is 0.362. The van der Waals surface area contributed by atoms with Gasteiger partial charge in [0.2, 0.25) is 0 Å². The zero-order valence-electron chi connectivity index (χ0n) is 16.7. The van der Waals surface area contributed by atoms with Gasteiger partial charge >= 0.3 is 0 Å². The van der Waals surface area contributed by atoms with Crippen molar-refractivity contribution < 1.29 is 9.59 Å². The van der Waals surface area contributed by atoms with Crippen molar-refractivity contribution in [3.05, 3.63) is 35.4 Å². The van der Waals surface area contributed by atoms with E-state index in [0.29, 0.717) is 24.0 Å². The number of carbonyl (C=O) groups is 2. The first-order valence-corrected chi connectivity index (χ1v) is 10.6. The van der Waals surface area contributed by atoms with Gasteiger partial charge in [-0.15, -0.1) is 0 Å². The topological polar surface area (TPSA) is 34.1 Å². The molecule has 26 heavy (non-hydrogen) atoms. The zero-order valence-corrected chi connectivity index (χ0v) is 16.7. The van der Waals surface area contributed by atoms with Crippen molar-refractivity contribution in [2.75, 3.05) is 0 Å². The molecule has 0 bridgehead atoms. The first kappa shape index (κ1) is 20.9. The number of ketones is 1. The van der Waals surface area contributed by atoms with Gasteiger partial charge in [-0.1, -0.05) is 51.0 Å². The minimum Gasteiger partial charge on any atom is -0.303 e. The Bertz CT molecular complexity index is 563. The Balaban J connectivity index is 1.78. The van der Waals surface area contributed by atoms with Gasteiger partial charge in [-0.3, -0.25) is 4.79 Å². The molecule has 3 unspecified atom stereocenters. The summed E-state index contributed by atoms with van der Waals surface area (Å²) in [6.07, 6.45) is 12.5. The maximum Gasteiger partial charge on any atom is 0.136 e. The van der Waals surface area contributed by atoms with Gasteiger partial charge in [-0.05, 0) is 67.9 Å². The maximum absolute atomic E-state index is 12.2. The first-order valence-electron chi connectivity index (χ1n) is 10.6. The average molecular weight is 357 g/mol. The second-order valence-corrected chi connectivity index (χ2v) is 8.45. The second-order valence-electron chi connectivity index (χ2n) is 8.45. The molecule has 0 spiro atoms. The molecule has 0 N–H and O–H groups in total. The molecule has 3 atom stereocenters. The molecule has 2 nitrogen and oxygen atoms in total. The smallest absolute Gasteiger partial charge is 0.136 e. The van der Waals surface area contributed by atoms with Crippen LogP contribution in [0.3, 0.4) is 0 Å². The maximum atomic E-state index is 12.2. The van der Waals surface area contributed by atoms with Gasteiger partial charge < -0.3 is 4.79 Å². The van der Waals surface area contributed by atoms with Crippen LogP contribution in [0.25, 0.3) is 0 Å². The van der Waals surface area contributed by atoms with Crippen molar-refractivity contribution in [2.24, 2.45) is 17.8 Å². The van der Waals surface area contributed by atoms with Gasteiger partial charge in [0, 0.05) is 18.8 Å². The number of hydrogen-bond acceptors (Lipinski definition) is 2. The van der Waals surface area contributed by atoms with E-state index in [4.69, 9.17) is 0 Å². The lowest BCUT2D eigenvalue weighted by Crippen LogP contribution is -2.24. The van der Waals surface area contributed by atoms with Crippen LogP contribution in [0.4, 0.5) is 0 Å². The third-order valence-corrected chi connectivity index (χ3v) is 6.08. The number of rotatable bonds is 11. The molecule has 2 rings (SSSR count). The molecule has 0 aliphatic heterocycles. The molecular formula is C24H36O2. The number of unbranched alkanes of at least 4 members (excludes halogenated alkanes) is 1. The highest BCUT2D eigenvalue weighted by Gasteiger charge is 2.26. The van der Waals surface area contributed by atoms with E-state index in [2.05, 4.69) is 38.1 Å². The highest BCUT2D eigenvalue weighted by atomic mass is 16.1. The Hall–Kier alpha value is -1.44. The number of benzene rings is 1. The minimum atomic E-state index is 0.283. The van der Waals surface area contributed by atoms with E-state index in [9.17, 15) is 9.59 Å². The second kappa shape index (κ2) is 11.3. The van der Waals surface area contributed by atoms with E-state index in [1.807, 2.05) is 0 Å². The van der Waals surface area contributed by atoms with Gasteiger partial charge in [0.1, 0.15) is 12.1 Å². The van der Waals surface area contributed by atoms with E-state index < -0.39 is 0 Å². The average Bonchev–Trinajstić information content (AvgIpc) is 2.65. The van der Waals surface area contributed by atoms with Crippen molar-refractivity contribution >= 4 is 12.1 Å². The summed E-state index contributed by atoms with van der Waals surface area (Å²) in [5, 5.41) is 0. The molecule has 144 valence electrons. The number of aryl methyl sites for hydroxylation is 2. The van der Waals surface area contributed by atoms with Crippen LogP contribution in [0.15, 0.2) is 24.3 Å². The summed E-state index contributed by atoms with van der Waals surface area (Å²) < 4.78 is 0. The summed E-state index contributed by atoms with van der Waals surface area (Å²) in [5.41, 5.74) is 2.90. The Kier molecular flexibility index (Phi) is 9.08. The SMILES string of the molecule is CC(CCC=O)CCCCc1ccccc1CCC1CC(C)CCC1=O. The largest absolute Gasteiger partial charge is 0.303 e. The monoisotopic (exact) mass is 356 g/mol. The van der Waals surface area contributed by atoms with Crippen LogP contribution in [-0.4, -0.2) is 12.1 Å². The van der Waals surface area contributed by atoms with Crippen LogP contribution in [0.1, 0.15) is 82.8 Å².